The molecule has 5 atom stereocenters. The zero-order valence-corrected chi connectivity index (χ0v) is 23.2. The van der Waals surface area contributed by atoms with E-state index >= 15 is 4.39 Å². The van der Waals surface area contributed by atoms with Gasteiger partial charge in [-0.1, -0.05) is 51.8 Å². The van der Waals surface area contributed by atoms with Gasteiger partial charge >= 0.3 is 0 Å². The van der Waals surface area contributed by atoms with Gasteiger partial charge in [-0.15, -0.1) is 0 Å². The summed E-state index contributed by atoms with van der Waals surface area (Å²) >= 11 is 0. The van der Waals surface area contributed by atoms with Crippen molar-refractivity contribution in [2.45, 2.75) is 83.4 Å². The van der Waals surface area contributed by atoms with Crippen LogP contribution in [0.2, 0.25) is 0 Å². The standard InChI is InChI=1S/C31H43FO6/c1-5-8-16-35-28-22(4)30(20-33)21-37-31(38-30,29(28)36-17-9-6-2)25-12-15-27(32)24(19-25)18-23-10-13-26(14-11-23)34-7-3/h10-15,19,22,28-29,33H,5-9,16-18,20-21H2,1-4H3/t22-,28-,29?,30?,31?/m0/s1. The topological polar surface area (TPSA) is 66.4 Å². The van der Waals surface area contributed by atoms with Gasteiger partial charge in [0.1, 0.15) is 23.3 Å². The number of halogens is 1. The molecule has 2 fully saturated rings. The normalized spacial score (nSPS) is 28.5. The summed E-state index contributed by atoms with van der Waals surface area (Å²) in [7, 11) is 0. The van der Waals surface area contributed by atoms with Gasteiger partial charge in [-0.05, 0) is 55.2 Å². The Balaban J connectivity index is 1.70. The third-order valence-corrected chi connectivity index (χ3v) is 7.83. The summed E-state index contributed by atoms with van der Waals surface area (Å²) in [4.78, 5) is 0. The van der Waals surface area contributed by atoms with Crippen molar-refractivity contribution < 1.29 is 33.2 Å². The van der Waals surface area contributed by atoms with Crippen LogP contribution in [0, 0.1) is 11.7 Å². The van der Waals surface area contributed by atoms with Crippen molar-refractivity contribution in [2.75, 3.05) is 33.0 Å². The van der Waals surface area contributed by atoms with Crippen molar-refractivity contribution in [3.63, 3.8) is 0 Å². The molecule has 38 heavy (non-hydrogen) atoms. The molecular weight excluding hydrogens is 487 g/mol. The molecule has 2 aliphatic heterocycles. The number of fused-ring (bicyclic) bond motifs is 2. The van der Waals surface area contributed by atoms with Crippen LogP contribution in [0.4, 0.5) is 4.39 Å². The van der Waals surface area contributed by atoms with E-state index in [9.17, 15) is 5.11 Å². The highest BCUT2D eigenvalue weighted by atomic mass is 19.1. The van der Waals surface area contributed by atoms with Gasteiger partial charge in [-0.25, -0.2) is 4.39 Å². The number of hydrogen-bond acceptors (Lipinski definition) is 6. The van der Waals surface area contributed by atoms with Crippen LogP contribution in [0.5, 0.6) is 5.75 Å². The van der Waals surface area contributed by atoms with Gasteiger partial charge in [0, 0.05) is 31.1 Å². The van der Waals surface area contributed by atoms with Gasteiger partial charge in [0.05, 0.1) is 25.9 Å². The molecule has 2 aromatic rings. The summed E-state index contributed by atoms with van der Waals surface area (Å²) in [6.07, 6.45) is 3.31. The zero-order valence-electron chi connectivity index (χ0n) is 23.2. The molecular formula is C31H43FO6. The first kappa shape index (κ1) is 29.0. The Labute approximate surface area is 226 Å². The molecule has 2 aromatic carbocycles. The molecule has 1 N–H and O–H groups in total. The molecule has 6 nitrogen and oxygen atoms in total. The Morgan fingerprint density at radius 1 is 1.00 bits per heavy atom. The molecule has 0 saturated carbocycles. The second-order valence-corrected chi connectivity index (χ2v) is 10.5. The average Bonchev–Trinajstić information content (AvgIpc) is 3.30. The Kier molecular flexibility index (Phi) is 9.82. The first-order valence-corrected chi connectivity index (χ1v) is 14.1. The highest BCUT2D eigenvalue weighted by Gasteiger charge is 2.67. The van der Waals surface area contributed by atoms with Crippen molar-refractivity contribution in [1.82, 2.24) is 0 Å². The van der Waals surface area contributed by atoms with Gasteiger partial charge in [0.2, 0.25) is 5.79 Å². The van der Waals surface area contributed by atoms with E-state index in [1.165, 1.54) is 6.07 Å². The van der Waals surface area contributed by atoms with Crippen LogP contribution >= 0.6 is 0 Å². The molecule has 0 aliphatic carbocycles. The fourth-order valence-corrected chi connectivity index (χ4v) is 5.43. The van der Waals surface area contributed by atoms with Crippen LogP contribution in [0.1, 0.15) is 70.1 Å². The summed E-state index contributed by atoms with van der Waals surface area (Å²) in [5.41, 5.74) is 1.25. The molecule has 0 aromatic heterocycles. The number of unbranched alkanes of at least 4 members (excludes halogenated alkanes) is 2. The molecule has 0 radical (unpaired) electrons. The van der Waals surface area contributed by atoms with Crippen LogP contribution in [0.25, 0.3) is 0 Å². The molecule has 7 heteroatoms. The first-order chi connectivity index (χ1) is 18.4. The van der Waals surface area contributed by atoms with Gasteiger partial charge in [-0.3, -0.25) is 0 Å². The molecule has 2 saturated heterocycles. The first-order valence-electron chi connectivity index (χ1n) is 14.1. The van der Waals surface area contributed by atoms with Crippen LogP contribution in [-0.4, -0.2) is 55.9 Å². The molecule has 2 bridgehead atoms. The van der Waals surface area contributed by atoms with Gasteiger partial charge in [0.15, 0.2) is 0 Å². The smallest absolute Gasteiger partial charge is 0.225 e. The highest BCUT2D eigenvalue weighted by molar-refractivity contribution is 5.36. The SMILES string of the molecule is CCCCOC1[C@@H](OCCCC)[C@H](C)C2(CO)COC1(c1ccc(F)c(Cc3ccc(OCC)cc3)c1)O2. The zero-order chi connectivity index (χ0) is 27.2. The van der Waals surface area contributed by atoms with Gasteiger partial charge in [-0.2, -0.15) is 0 Å². The molecule has 2 heterocycles. The Hall–Kier alpha value is -2.03. The summed E-state index contributed by atoms with van der Waals surface area (Å²) in [5.74, 6) is -0.972. The number of rotatable bonds is 14. The van der Waals surface area contributed by atoms with E-state index in [2.05, 4.69) is 13.8 Å². The molecule has 0 spiro atoms. The number of ether oxygens (including phenoxy) is 5. The quantitative estimate of drug-likeness (QED) is 0.313. The van der Waals surface area contributed by atoms with E-state index in [-0.39, 0.29) is 31.1 Å². The Morgan fingerprint density at radius 2 is 1.71 bits per heavy atom. The number of aliphatic hydroxyl groups is 1. The third kappa shape index (κ3) is 5.77. The fraction of sp³-hybridized carbons (Fsp3) is 0.613. The monoisotopic (exact) mass is 530 g/mol. The van der Waals surface area contributed by atoms with E-state index in [0.717, 1.165) is 37.0 Å². The van der Waals surface area contributed by atoms with Gasteiger partial charge in [0.25, 0.3) is 0 Å². The lowest BCUT2D eigenvalue weighted by atomic mass is 9.78. The van der Waals surface area contributed by atoms with Crippen molar-refractivity contribution in [2.24, 2.45) is 5.92 Å². The maximum atomic E-state index is 15.1. The van der Waals surface area contributed by atoms with E-state index in [1.807, 2.05) is 44.2 Å². The predicted molar refractivity (Wildman–Crippen MR) is 144 cm³/mol. The summed E-state index contributed by atoms with van der Waals surface area (Å²) in [6, 6.07) is 12.7. The second-order valence-electron chi connectivity index (χ2n) is 10.5. The van der Waals surface area contributed by atoms with Gasteiger partial charge < -0.3 is 28.8 Å². The summed E-state index contributed by atoms with van der Waals surface area (Å²) < 4.78 is 46.7. The molecule has 0 amide bonds. The minimum Gasteiger partial charge on any atom is -0.494 e. The largest absolute Gasteiger partial charge is 0.494 e. The lowest BCUT2D eigenvalue weighted by Crippen LogP contribution is -2.63. The van der Waals surface area contributed by atoms with Crippen molar-refractivity contribution in [3.05, 3.63) is 65.0 Å². The van der Waals surface area contributed by atoms with E-state index < -0.39 is 17.5 Å². The van der Waals surface area contributed by atoms with Crippen molar-refractivity contribution >= 4 is 0 Å². The predicted octanol–water partition coefficient (Wildman–Crippen LogP) is 5.77. The van der Waals surface area contributed by atoms with Crippen molar-refractivity contribution in [1.29, 1.82) is 0 Å². The van der Waals surface area contributed by atoms with Crippen LogP contribution in [0.15, 0.2) is 42.5 Å². The van der Waals surface area contributed by atoms with E-state index in [1.54, 1.807) is 6.07 Å². The lowest BCUT2D eigenvalue weighted by Gasteiger charge is -2.50. The highest BCUT2D eigenvalue weighted by Crippen LogP contribution is 2.53. The molecule has 2 aliphatic rings. The minimum absolute atomic E-state index is 0.157. The maximum Gasteiger partial charge on any atom is 0.225 e. The molecule has 210 valence electrons. The Morgan fingerprint density at radius 3 is 2.37 bits per heavy atom. The number of aliphatic hydroxyl groups excluding tert-OH is 1. The van der Waals surface area contributed by atoms with Crippen molar-refractivity contribution in [3.8, 4) is 5.75 Å². The summed E-state index contributed by atoms with van der Waals surface area (Å²) in [6.45, 7) is 9.93. The van der Waals surface area contributed by atoms with Crippen LogP contribution < -0.4 is 4.74 Å². The second kappa shape index (κ2) is 12.9. The van der Waals surface area contributed by atoms with Crippen LogP contribution in [0.3, 0.4) is 0 Å². The minimum atomic E-state index is -1.30. The number of hydrogen-bond donors (Lipinski definition) is 1. The van der Waals surface area contributed by atoms with Crippen LogP contribution in [-0.2, 0) is 31.2 Å². The maximum absolute atomic E-state index is 15.1. The molecule has 4 rings (SSSR count). The number of benzene rings is 2. The fourth-order valence-electron chi connectivity index (χ4n) is 5.43. The third-order valence-electron chi connectivity index (χ3n) is 7.83. The lowest BCUT2D eigenvalue weighted by molar-refractivity contribution is -0.333. The average molecular weight is 531 g/mol. The van der Waals surface area contributed by atoms with E-state index in [0.29, 0.717) is 37.4 Å². The molecule has 3 unspecified atom stereocenters. The summed E-state index contributed by atoms with van der Waals surface area (Å²) in [5, 5.41) is 10.5. The van der Waals surface area contributed by atoms with E-state index in [4.69, 9.17) is 23.7 Å². The Bertz CT molecular complexity index is 1030.